The van der Waals surface area contributed by atoms with Gasteiger partial charge >= 0.3 is 0 Å². The molecular weight excluding hydrogens is 89.5 g/mol. The Bertz CT molecular complexity index is 11.6. The van der Waals surface area contributed by atoms with Gasteiger partial charge in [0.2, 0.25) is 0 Å². The van der Waals surface area contributed by atoms with E-state index in [1.165, 1.54) is 0 Å². The summed E-state index contributed by atoms with van der Waals surface area (Å²) in [6.07, 6.45) is 0. The second kappa shape index (κ2) is 8.88. The molecule has 2 N–H and O–H groups in total. The van der Waals surface area contributed by atoms with Crippen molar-refractivity contribution in [3.8, 4) is 0 Å². The molecule has 0 rings (SSSR count). The summed E-state index contributed by atoms with van der Waals surface area (Å²) in [5, 5.41) is 0. The van der Waals surface area contributed by atoms with Crippen molar-refractivity contribution in [1.82, 2.24) is 0 Å². The average Bonchev–Trinajstić information content (AvgIpc) is 1.37. The van der Waals surface area contributed by atoms with Crippen LogP contribution in [0.3, 0.4) is 0 Å². The highest BCUT2D eigenvalue weighted by atomic mass is 35.5. The molecule has 0 unspecified atom stereocenters. The summed E-state index contributed by atoms with van der Waals surface area (Å²) >= 11 is 0. The molecule has 0 heterocycles. The average molecular weight is 98.6 g/mol. The fraction of sp³-hybridized carbons (Fsp3) is 1.00. The zero-order valence-electron chi connectivity index (χ0n) is 3.14. The fourth-order valence-corrected chi connectivity index (χ4v) is 0. The first-order valence-electron chi connectivity index (χ1n) is 1.23. The van der Waals surface area contributed by atoms with Gasteiger partial charge in [0, 0.05) is 0 Å². The van der Waals surface area contributed by atoms with E-state index >= 15 is 0 Å². The number of hydrogen-bond donors (Lipinski definition) is 1. The normalized spacial score (nSPS) is 6.00. The van der Waals surface area contributed by atoms with E-state index in [2.05, 4.69) is 10.7 Å². The molecule has 0 saturated heterocycles. The standard InChI is InChI=1S/C2H7NO.ClH2/c1-2-4-3;/h2-3H2,1H3;1H2/q;+1. The first kappa shape index (κ1) is 8.96. The van der Waals surface area contributed by atoms with Gasteiger partial charge in [-0.15, -0.1) is 0 Å². The molecule has 0 spiro atoms. The number of rotatable bonds is 1. The van der Waals surface area contributed by atoms with Crippen molar-refractivity contribution >= 4 is 0 Å². The van der Waals surface area contributed by atoms with Gasteiger partial charge < -0.3 is 4.84 Å². The summed E-state index contributed by atoms with van der Waals surface area (Å²) < 4.78 is 0. The van der Waals surface area contributed by atoms with E-state index in [0.717, 1.165) is 0 Å². The highest BCUT2D eigenvalue weighted by molar-refractivity contribution is 3.91. The third kappa shape index (κ3) is 14.0. The van der Waals surface area contributed by atoms with Gasteiger partial charge in [-0.25, -0.2) is 5.90 Å². The minimum absolute atomic E-state index is 0. The van der Waals surface area contributed by atoms with Crippen molar-refractivity contribution in [1.29, 1.82) is 0 Å². The van der Waals surface area contributed by atoms with Gasteiger partial charge in [0.15, 0.2) is 0 Å². The van der Waals surface area contributed by atoms with Crippen LogP contribution < -0.4 is 5.90 Å². The molecule has 0 aliphatic rings. The maximum absolute atomic E-state index is 4.53. The quantitative estimate of drug-likeness (QED) is 0.443. The van der Waals surface area contributed by atoms with Gasteiger partial charge in [0.1, 0.15) is 0 Å². The van der Waals surface area contributed by atoms with Gasteiger partial charge in [0.05, 0.1) is 19.0 Å². The Labute approximate surface area is 37.7 Å². The van der Waals surface area contributed by atoms with Crippen LogP contribution in [0.25, 0.3) is 0 Å². The molecular formula is C2H9ClNO+. The topological polar surface area (TPSA) is 35.2 Å². The van der Waals surface area contributed by atoms with Crippen molar-refractivity contribution in [2.45, 2.75) is 6.92 Å². The fourth-order valence-electron chi connectivity index (χ4n) is 0. The third-order valence-corrected chi connectivity index (χ3v) is 0.167. The van der Waals surface area contributed by atoms with Crippen LogP contribution in [-0.4, -0.2) is 6.61 Å². The minimum Gasteiger partial charge on any atom is -0.305 e. The molecule has 3 heteroatoms. The number of hydrogen-bond acceptors (Lipinski definition) is 2. The minimum atomic E-state index is 0. The molecule has 0 aliphatic carbocycles. The Morgan fingerprint density at radius 1 is 1.80 bits per heavy atom. The van der Waals surface area contributed by atoms with E-state index in [1.54, 1.807) is 0 Å². The first-order chi connectivity index (χ1) is 1.91. The molecule has 0 aromatic rings. The Hall–Kier alpha value is 0.210. The van der Waals surface area contributed by atoms with Crippen LogP contribution in [0.4, 0.5) is 0 Å². The lowest BCUT2D eigenvalue weighted by Crippen LogP contribution is -1.94. The summed E-state index contributed by atoms with van der Waals surface area (Å²) in [6, 6.07) is 0. The largest absolute Gasteiger partial charge is 0.305 e. The van der Waals surface area contributed by atoms with E-state index in [-0.39, 0.29) is 12.4 Å². The molecule has 2 nitrogen and oxygen atoms in total. The van der Waals surface area contributed by atoms with E-state index in [4.69, 9.17) is 0 Å². The molecule has 0 bridgehead atoms. The molecule has 0 aliphatic heterocycles. The smallest absolute Gasteiger partial charge is 0.0903 e. The van der Waals surface area contributed by atoms with Gasteiger partial charge in [0.25, 0.3) is 0 Å². The Kier molecular flexibility index (Phi) is 15.9. The predicted molar refractivity (Wildman–Crippen MR) is 18.6 cm³/mol. The van der Waals surface area contributed by atoms with Crippen molar-refractivity contribution in [2.75, 3.05) is 6.61 Å². The van der Waals surface area contributed by atoms with E-state index in [0.29, 0.717) is 6.61 Å². The molecule has 0 fully saturated rings. The third-order valence-electron chi connectivity index (χ3n) is 0.167. The van der Waals surface area contributed by atoms with Gasteiger partial charge in [-0.1, -0.05) is 0 Å². The zero-order valence-corrected chi connectivity index (χ0v) is 4.03. The highest BCUT2D eigenvalue weighted by Gasteiger charge is 1.52. The lowest BCUT2D eigenvalue weighted by atomic mass is 10.9. The lowest BCUT2D eigenvalue weighted by molar-refractivity contribution is -0.00000141. The predicted octanol–water partition coefficient (Wildman–Crippen LogP) is -0.639. The van der Waals surface area contributed by atoms with Gasteiger partial charge in [-0.3, -0.25) is 0 Å². The van der Waals surface area contributed by atoms with Gasteiger partial charge in [-0.05, 0) is 6.92 Å². The molecule has 0 atom stereocenters. The molecule has 0 saturated carbocycles. The van der Waals surface area contributed by atoms with Crippen LogP contribution >= 0.6 is 0 Å². The van der Waals surface area contributed by atoms with Crippen LogP contribution in [0.2, 0.25) is 0 Å². The molecule has 5 heavy (non-hydrogen) atoms. The Balaban J connectivity index is 0. The van der Waals surface area contributed by atoms with Crippen LogP contribution in [-0.2, 0) is 4.84 Å². The van der Waals surface area contributed by atoms with Crippen LogP contribution in [0, 0.1) is 12.4 Å². The lowest BCUT2D eigenvalue weighted by Gasteiger charge is -1.76. The van der Waals surface area contributed by atoms with E-state index in [9.17, 15) is 0 Å². The molecule has 0 aromatic heterocycles. The second-order valence-corrected chi connectivity index (χ2v) is 0.455. The zero-order chi connectivity index (χ0) is 3.41. The highest BCUT2D eigenvalue weighted by Crippen LogP contribution is 1.46. The van der Waals surface area contributed by atoms with Crippen LogP contribution in [0.1, 0.15) is 6.92 Å². The van der Waals surface area contributed by atoms with Crippen molar-refractivity contribution in [3.05, 3.63) is 0 Å². The summed E-state index contributed by atoms with van der Waals surface area (Å²) in [6.45, 7) is 2.43. The second-order valence-electron chi connectivity index (χ2n) is 0.455. The number of nitrogens with two attached hydrogens (primary N) is 1. The Morgan fingerprint density at radius 3 is 2.00 bits per heavy atom. The molecule has 0 aromatic carbocycles. The maximum Gasteiger partial charge on any atom is 0.0903 e. The van der Waals surface area contributed by atoms with Crippen LogP contribution in [0.5, 0.6) is 0 Å². The Morgan fingerprint density at radius 2 is 2.00 bits per heavy atom. The first-order valence-corrected chi connectivity index (χ1v) is 1.23. The molecule has 34 valence electrons. The van der Waals surface area contributed by atoms with Crippen molar-refractivity contribution in [2.24, 2.45) is 5.90 Å². The van der Waals surface area contributed by atoms with Crippen molar-refractivity contribution in [3.63, 3.8) is 0 Å². The monoisotopic (exact) mass is 98.0 g/mol. The van der Waals surface area contributed by atoms with E-state index < -0.39 is 0 Å². The number of halogens is 1. The molecule has 0 radical (unpaired) electrons. The summed E-state index contributed by atoms with van der Waals surface area (Å²) in [5.74, 6) is 4.53. The van der Waals surface area contributed by atoms with Gasteiger partial charge in [-0.2, -0.15) is 0 Å². The van der Waals surface area contributed by atoms with Crippen LogP contribution in [0.15, 0.2) is 0 Å². The van der Waals surface area contributed by atoms with E-state index in [1.807, 2.05) is 6.92 Å². The SMILES string of the molecule is CCON.[ClH2+]. The molecule has 0 amide bonds. The van der Waals surface area contributed by atoms with Crippen molar-refractivity contribution < 1.29 is 17.2 Å². The summed E-state index contributed by atoms with van der Waals surface area (Å²) in [5.41, 5.74) is 0. The summed E-state index contributed by atoms with van der Waals surface area (Å²) in [4.78, 5) is 4.04. The maximum atomic E-state index is 4.53. The summed E-state index contributed by atoms with van der Waals surface area (Å²) in [7, 11) is 0.